The molecule has 13 rings (SSSR count). The molecule has 3 aromatic heterocycles. The molecule has 0 unspecified atom stereocenters. The molecule has 2 aliphatic rings. The molecule has 8 bridgehead atoms. The highest BCUT2D eigenvalue weighted by atomic mass is 14.9. The van der Waals surface area contributed by atoms with Crippen LogP contribution in [0, 0.1) is 0 Å². The van der Waals surface area contributed by atoms with Gasteiger partial charge in [0.25, 0.3) is 0 Å². The van der Waals surface area contributed by atoms with Crippen LogP contribution in [0.1, 0.15) is 22.8 Å². The number of para-hydroxylation sites is 4. The van der Waals surface area contributed by atoms with Gasteiger partial charge in [-0.1, -0.05) is 121 Å². The van der Waals surface area contributed by atoms with Gasteiger partial charge in [0.05, 0.1) is 22.8 Å². The van der Waals surface area contributed by atoms with Gasteiger partial charge in [0.1, 0.15) is 0 Å². The Kier molecular flexibility index (Phi) is 12.1. The summed E-state index contributed by atoms with van der Waals surface area (Å²) in [5.41, 5.74) is 23.1. The fourth-order valence-electron chi connectivity index (χ4n) is 10.1. The predicted molar refractivity (Wildman–Crippen MR) is 320 cm³/mol. The second-order valence-corrected chi connectivity index (χ2v) is 18.8. The summed E-state index contributed by atoms with van der Waals surface area (Å²) < 4.78 is 0. The van der Waals surface area contributed by atoms with Crippen LogP contribution in [0.4, 0.5) is 45.5 Å². The van der Waals surface area contributed by atoms with Crippen LogP contribution < -0.4 is 21.3 Å². The molecule has 0 atom stereocenters. The summed E-state index contributed by atoms with van der Waals surface area (Å²) in [7, 11) is 0. The first-order chi connectivity index (χ1) is 37.6. The number of aromatic nitrogens is 4. The first kappa shape index (κ1) is 45.4. The second-order valence-electron chi connectivity index (χ2n) is 18.8. The number of nitrogens with zero attached hydrogens (tertiary/aromatic N) is 2. The van der Waals surface area contributed by atoms with E-state index in [0.717, 1.165) is 135 Å². The van der Waals surface area contributed by atoms with Crippen molar-refractivity contribution < 1.29 is 0 Å². The van der Waals surface area contributed by atoms with Crippen molar-refractivity contribution in [1.82, 2.24) is 19.9 Å². The molecule has 8 aromatic carbocycles. The lowest BCUT2D eigenvalue weighted by Crippen LogP contribution is -1.92. The van der Waals surface area contributed by atoms with Crippen molar-refractivity contribution in [2.45, 2.75) is 0 Å². The van der Waals surface area contributed by atoms with Crippen LogP contribution in [0.25, 0.3) is 90.9 Å². The molecule has 6 N–H and O–H groups in total. The van der Waals surface area contributed by atoms with Gasteiger partial charge in [-0.3, -0.25) is 0 Å². The summed E-state index contributed by atoms with van der Waals surface area (Å²) in [6.45, 7) is 0. The Morgan fingerprint density at radius 2 is 0.408 bits per heavy atom. The Labute approximate surface area is 440 Å². The number of benzene rings is 8. The Hall–Kier alpha value is -10.4. The molecule has 0 fully saturated rings. The number of anilines is 8. The molecule has 0 amide bonds. The average molecular weight is 979 g/mol. The number of H-pyrrole nitrogens is 2. The lowest BCUT2D eigenvalue weighted by atomic mass is 10.0. The Balaban J connectivity index is 1.04. The van der Waals surface area contributed by atoms with E-state index in [-0.39, 0.29) is 0 Å². The zero-order valence-electron chi connectivity index (χ0n) is 41.3. The molecule has 2 aliphatic heterocycles. The quantitative estimate of drug-likeness (QED) is 0.0729. The third kappa shape index (κ3) is 9.53. The summed E-state index contributed by atoms with van der Waals surface area (Å²) in [4.78, 5) is 19.0. The monoisotopic (exact) mass is 978 g/mol. The number of fused-ring (bicyclic) bond motifs is 8. The standard InChI is InChI=1S/C68H50N8/c1-5-13-49(14-6-1)69-53-29-21-45(22-30-53)65-57-37-39-59(73-57)66(46-23-31-54(32-24-46)70-50-15-7-2-8-16-50)61-41-43-63(75-61)68(48-27-35-56(36-28-48)72-52-19-11-4-12-20-52)64-44-42-62(76-64)67(60-40-38-58(65)74-60)47-25-33-55(34-26-47)71-51-17-9-3-10-18-51/h1-44,69-73,76H. The molecule has 0 aliphatic carbocycles. The Bertz CT molecular complexity index is 3560. The maximum Gasteiger partial charge on any atom is 0.0737 e. The summed E-state index contributed by atoms with van der Waals surface area (Å²) >= 11 is 0. The maximum atomic E-state index is 5.57. The van der Waals surface area contributed by atoms with Gasteiger partial charge >= 0.3 is 0 Å². The van der Waals surface area contributed by atoms with Crippen molar-refractivity contribution in [3.05, 3.63) is 265 Å². The van der Waals surface area contributed by atoms with E-state index in [2.05, 4.69) is 225 Å². The third-order valence-electron chi connectivity index (χ3n) is 13.7. The van der Waals surface area contributed by atoms with E-state index in [1.54, 1.807) is 0 Å². The molecule has 0 saturated carbocycles. The average Bonchev–Trinajstić information content (AvgIpc) is 4.34. The SMILES string of the molecule is C1=Cc2nc1c(-c1ccc(Nc3ccccc3)cc1)c1ccc([nH]1)c(-c1ccc(Nc3ccccc3)cc1)c1nc(c(-c3ccc(Nc4ccccc4)cc3)c3ccc([nH]3)c2-c2ccc(Nc3ccccc3)cc2)C=C1. The molecule has 0 saturated heterocycles. The van der Waals surface area contributed by atoms with E-state index in [9.17, 15) is 0 Å². The van der Waals surface area contributed by atoms with Crippen molar-refractivity contribution in [2.75, 3.05) is 21.3 Å². The van der Waals surface area contributed by atoms with Gasteiger partial charge in [0.15, 0.2) is 0 Å². The Morgan fingerprint density at radius 1 is 0.211 bits per heavy atom. The zero-order valence-corrected chi connectivity index (χ0v) is 41.3. The van der Waals surface area contributed by atoms with Crippen molar-refractivity contribution in [3.63, 3.8) is 0 Å². The highest BCUT2D eigenvalue weighted by Crippen LogP contribution is 2.40. The van der Waals surface area contributed by atoms with Crippen molar-refractivity contribution in [1.29, 1.82) is 0 Å². The molecule has 362 valence electrons. The molecular weight excluding hydrogens is 929 g/mol. The molecule has 0 spiro atoms. The third-order valence-corrected chi connectivity index (χ3v) is 13.7. The van der Waals surface area contributed by atoms with Crippen LogP contribution in [0.3, 0.4) is 0 Å². The van der Waals surface area contributed by atoms with Crippen LogP contribution >= 0.6 is 0 Å². The normalized spacial score (nSPS) is 11.6. The minimum absolute atomic E-state index is 0.842. The highest BCUT2D eigenvalue weighted by Gasteiger charge is 2.20. The zero-order chi connectivity index (χ0) is 50.6. The second kappa shape index (κ2) is 20.2. The van der Waals surface area contributed by atoms with E-state index in [1.165, 1.54) is 0 Å². The van der Waals surface area contributed by atoms with Gasteiger partial charge in [-0.05, 0) is 168 Å². The fraction of sp³-hybridized carbons (Fsp3) is 0. The van der Waals surface area contributed by atoms with Gasteiger partial charge in [0.2, 0.25) is 0 Å². The smallest absolute Gasteiger partial charge is 0.0737 e. The highest BCUT2D eigenvalue weighted by molar-refractivity contribution is 6.00. The molecule has 0 radical (unpaired) electrons. The van der Waals surface area contributed by atoms with E-state index in [4.69, 9.17) is 9.97 Å². The van der Waals surface area contributed by atoms with Gasteiger partial charge < -0.3 is 31.2 Å². The van der Waals surface area contributed by atoms with E-state index in [0.29, 0.717) is 0 Å². The van der Waals surface area contributed by atoms with E-state index >= 15 is 0 Å². The summed E-state index contributed by atoms with van der Waals surface area (Å²) in [5, 5.41) is 14.2. The Morgan fingerprint density at radius 3 is 0.618 bits per heavy atom. The maximum absolute atomic E-state index is 5.57. The molecule has 8 heteroatoms. The number of hydrogen-bond acceptors (Lipinski definition) is 6. The van der Waals surface area contributed by atoms with Crippen molar-refractivity contribution in [3.8, 4) is 44.5 Å². The molecule has 76 heavy (non-hydrogen) atoms. The van der Waals surface area contributed by atoms with Gasteiger partial charge in [-0.15, -0.1) is 0 Å². The van der Waals surface area contributed by atoms with Crippen LogP contribution in [0.5, 0.6) is 0 Å². The minimum Gasteiger partial charge on any atom is -0.356 e. The molecule has 11 aromatic rings. The van der Waals surface area contributed by atoms with Crippen LogP contribution in [-0.2, 0) is 0 Å². The summed E-state index contributed by atoms with van der Waals surface area (Å²) in [6.07, 6.45) is 8.57. The van der Waals surface area contributed by atoms with E-state index < -0.39 is 0 Å². The summed E-state index contributed by atoms with van der Waals surface area (Å²) in [5.74, 6) is 0. The topological polar surface area (TPSA) is 105 Å². The largest absolute Gasteiger partial charge is 0.356 e. The molecular formula is C68H50N8. The van der Waals surface area contributed by atoms with Crippen LogP contribution in [-0.4, -0.2) is 19.9 Å². The van der Waals surface area contributed by atoms with Crippen molar-refractivity contribution in [2.24, 2.45) is 0 Å². The fourth-order valence-corrected chi connectivity index (χ4v) is 10.1. The van der Waals surface area contributed by atoms with Crippen LogP contribution in [0.2, 0.25) is 0 Å². The molecule has 8 nitrogen and oxygen atoms in total. The van der Waals surface area contributed by atoms with E-state index in [1.807, 2.05) is 72.8 Å². The van der Waals surface area contributed by atoms with Gasteiger partial charge in [-0.2, -0.15) is 0 Å². The lowest BCUT2D eigenvalue weighted by Gasteiger charge is -2.10. The van der Waals surface area contributed by atoms with Crippen molar-refractivity contribution >= 4 is 91.9 Å². The number of aromatic amines is 2. The number of nitrogens with one attached hydrogen (secondary N) is 6. The van der Waals surface area contributed by atoms with Crippen LogP contribution in [0.15, 0.2) is 243 Å². The van der Waals surface area contributed by atoms with Gasteiger partial charge in [-0.25, -0.2) is 9.97 Å². The molecule has 5 heterocycles. The first-order valence-electron chi connectivity index (χ1n) is 25.5. The predicted octanol–water partition coefficient (Wildman–Crippen LogP) is 18.3. The first-order valence-corrected chi connectivity index (χ1v) is 25.5. The lowest BCUT2D eigenvalue weighted by molar-refractivity contribution is 1.31. The number of hydrogen-bond donors (Lipinski definition) is 6. The summed E-state index contributed by atoms with van der Waals surface area (Å²) in [6, 6.07) is 84.1. The van der Waals surface area contributed by atoms with Gasteiger partial charge in [0, 0.05) is 89.8 Å². The number of rotatable bonds is 12. The minimum atomic E-state index is 0.842.